The number of thiazole rings is 1. The highest BCUT2D eigenvalue weighted by Gasteiger charge is 2.35. The lowest BCUT2D eigenvalue weighted by atomic mass is 10.2. The Hall–Kier alpha value is -2.71. The predicted octanol–water partition coefficient (Wildman–Crippen LogP) is 5.31. The van der Waals surface area contributed by atoms with Crippen molar-refractivity contribution in [2.75, 3.05) is 11.9 Å². The molecule has 0 saturated carbocycles. The average Bonchev–Trinajstić information content (AvgIpc) is 3.43. The molecule has 1 aromatic heterocycles. The van der Waals surface area contributed by atoms with Gasteiger partial charge in [0.25, 0.3) is 0 Å². The molecule has 1 aliphatic heterocycles. The SMILES string of the molecule is O=C(Nc1nc(-c2ccc(Br)cc2)cs1)[C@@H]1CCCN1C(=O)OCc1ccccc1. The number of amides is 2. The molecule has 2 aromatic carbocycles. The van der Waals surface area contributed by atoms with Crippen LogP contribution in [-0.4, -0.2) is 34.5 Å². The molecule has 154 valence electrons. The van der Waals surface area contributed by atoms with E-state index in [0.29, 0.717) is 18.1 Å². The van der Waals surface area contributed by atoms with E-state index >= 15 is 0 Å². The van der Waals surface area contributed by atoms with Crippen LogP contribution in [0.4, 0.5) is 9.93 Å². The summed E-state index contributed by atoms with van der Waals surface area (Å²) in [6.45, 7) is 0.696. The number of carbonyl (C=O) groups excluding carboxylic acids is 2. The van der Waals surface area contributed by atoms with Crippen molar-refractivity contribution in [2.45, 2.75) is 25.5 Å². The topological polar surface area (TPSA) is 71.5 Å². The van der Waals surface area contributed by atoms with Gasteiger partial charge in [0.05, 0.1) is 5.69 Å². The third-order valence-corrected chi connectivity index (χ3v) is 6.16. The van der Waals surface area contributed by atoms with Gasteiger partial charge in [0.2, 0.25) is 5.91 Å². The largest absolute Gasteiger partial charge is 0.445 e. The molecule has 4 rings (SSSR count). The summed E-state index contributed by atoms with van der Waals surface area (Å²) in [6, 6.07) is 16.8. The van der Waals surface area contributed by atoms with E-state index in [9.17, 15) is 9.59 Å². The summed E-state index contributed by atoms with van der Waals surface area (Å²) in [7, 11) is 0. The summed E-state index contributed by atoms with van der Waals surface area (Å²) in [5.41, 5.74) is 2.68. The van der Waals surface area contributed by atoms with E-state index < -0.39 is 12.1 Å². The van der Waals surface area contributed by atoms with E-state index in [1.54, 1.807) is 0 Å². The molecule has 30 heavy (non-hydrogen) atoms. The van der Waals surface area contributed by atoms with E-state index in [1.807, 2.05) is 60.0 Å². The summed E-state index contributed by atoms with van der Waals surface area (Å²) < 4.78 is 6.40. The normalized spacial score (nSPS) is 15.8. The molecule has 6 nitrogen and oxygen atoms in total. The number of benzene rings is 2. The fourth-order valence-corrected chi connectivity index (χ4v) is 4.32. The molecule has 1 saturated heterocycles. The van der Waals surface area contributed by atoms with Crippen LogP contribution in [0.25, 0.3) is 11.3 Å². The molecule has 3 aromatic rings. The fourth-order valence-electron chi connectivity index (χ4n) is 3.33. The summed E-state index contributed by atoms with van der Waals surface area (Å²) >= 11 is 4.78. The molecular formula is C22H20BrN3O3S. The second-order valence-corrected chi connectivity index (χ2v) is 8.70. The molecule has 1 aliphatic rings. The van der Waals surface area contributed by atoms with Crippen molar-refractivity contribution < 1.29 is 14.3 Å². The van der Waals surface area contributed by atoms with Gasteiger partial charge in [-0.15, -0.1) is 11.3 Å². The van der Waals surface area contributed by atoms with E-state index in [1.165, 1.54) is 16.2 Å². The molecular weight excluding hydrogens is 466 g/mol. The van der Waals surface area contributed by atoms with Gasteiger partial charge in [0.15, 0.2) is 5.13 Å². The molecule has 2 amide bonds. The zero-order chi connectivity index (χ0) is 20.9. The van der Waals surface area contributed by atoms with Gasteiger partial charge in [-0.3, -0.25) is 9.69 Å². The third kappa shape index (κ3) is 4.88. The van der Waals surface area contributed by atoms with Crippen LogP contribution in [0.15, 0.2) is 64.5 Å². The van der Waals surface area contributed by atoms with Gasteiger partial charge in [-0.05, 0) is 30.5 Å². The molecule has 0 unspecified atom stereocenters. The van der Waals surface area contributed by atoms with Crippen LogP contribution in [0.3, 0.4) is 0 Å². The highest BCUT2D eigenvalue weighted by Crippen LogP contribution is 2.27. The first-order chi connectivity index (χ1) is 14.6. The summed E-state index contributed by atoms with van der Waals surface area (Å²) in [5, 5.41) is 5.27. The second-order valence-electron chi connectivity index (χ2n) is 6.93. The number of rotatable bonds is 5. The Labute approximate surface area is 187 Å². The number of aromatic nitrogens is 1. The number of likely N-dealkylation sites (tertiary alicyclic amines) is 1. The summed E-state index contributed by atoms with van der Waals surface area (Å²) in [6.07, 6.45) is 0.906. The minimum Gasteiger partial charge on any atom is -0.445 e. The molecule has 0 spiro atoms. The lowest BCUT2D eigenvalue weighted by molar-refractivity contribution is -0.120. The number of hydrogen-bond donors (Lipinski definition) is 1. The second kappa shape index (κ2) is 9.40. The van der Waals surface area contributed by atoms with Gasteiger partial charge in [-0.2, -0.15) is 0 Å². The zero-order valence-electron chi connectivity index (χ0n) is 16.1. The van der Waals surface area contributed by atoms with Gasteiger partial charge in [-0.1, -0.05) is 58.4 Å². The number of anilines is 1. The van der Waals surface area contributed by atoms with E-state index in [0.717, 1.165) is 27.7 Å². The number of hydrogen-bond acceptors (Lipinski definition) is 5. The molecule has 0 aliphatic carbocycles. The number of nitrogens with zero attached hydrogens (tertiary/aromatic N) is 2. The molecule has 0 bridgehead atoms. The maximum atomic E-state index is 12.8. The van der Waals surface area contributed by atoms with Crippen LogP contribution in [0, 0.1) is 0 Å². The van der Waals surface area contributed by atoms with Crippen LogP contribution < -0.4 is 5.32 Å². The van der Waals surface area contributed by atoms with Crippen LogP contribution in [0.5, 0.6) is 0 Å². The Bertz CT molecular complexity index is 1020. The Morgan fingerprint density at radius 3 is 2.70 bits per heavy atom. The van der Waals surface area contributed by atoms with Crippen molar-refractivity contribution in [1.82, 2.24) is 9.88 Å². The van der Waals surface area contributed by atoms with Crippen LogP contribution in [0.2, 0.25) is 0 Å². The molecule has 2 heterocycles. The number of ether oxygens (including phenoxy) is 1. The number of nitrogens with one attached hydrogen (secondary N) is 1. The van der Waals surface area contributed by atoms with E-state index in [-0.39, 0.29) is 12.5 Å². The Morgan fingerprint density at radius 1 is 1.17 bits per heavy atom. The minimum absolute atomic E-state index is 0.188. The molecule has 0 radical (unpaired) electrons. The number of carbonyl (C=O) groups is 2. The zero-order valence-corrected chi connectivity index (χ0v) is 18.5. The van der Waals surface area contributed by atoms with Crippen LogP contribution >= 0.6 is 27.3 Å². The first kappa shape index (κ1) is 20.6. The molecule has 1 atom stereocenters. The third-order valence-electron chi connectivity index (χ3n) is 4.87. The standard InChI is InChI=1S/C22H20BrN3O3S/c23-17-10-8-16(9-11-17)18-14-30-21(24-18)25-20(27)19-7-4-12-26(19)22(28)29-13-15-5-2-1-3-6-15/h1-3,5-6,8-11,14,19H,4,7,12-13H2,(H,24,25,27)/t19-/m0/s1. The van der Waals surface area contributed by atoms with Crippen LogP contribution in [-0.2, 0) is 16.1 Å². The average molecular weight is 486 g/mol. The van der Waals surface area contributed by atoms with Gasteiger partial charge in [-0.25, -0.2) is 9.78 Å². The first-order valence-electron chi connectivity index (χ1n) is 9.60. The molecule has 1 fully saturated rings. The van der Waals surface area contributed by atoms with Gasteiger partial charge in [0.1, 0.15) is 12.6 Å². The van der Waals surface area contributed by atoms with Gasteiger partial charge >= 0.3 is 6.09 Å². The van der Waals surface area contributed by atoms with Gasteiger partial charge < -0.3 is 10.1 Å². The van der Waals surface area contributed by atoms with Crippen molar-refractivity contribution >= 4 is 44.4 Å². The Balaban J connectivity index is 1.36. The summed E-state index contributed by atoms with van der Waals surface area (Å²) in [5.74, 6) is -0.235. The monoisotopic (exact) mass is 485 g/mol. The lowest BCUT2D eigenvalue weighted by Crippen LogP contribution is -2.43. The predicted molar refractivity (Wildman–Crippen MR) is 120 cm³/mol. The molecule has 8 heteroatoms. The highest BCUT2D eigenvalue weighted by atomic mass is 79.9. The maximum absolute atomic E-state index is 12.8. The van der Waals surface area contributed by atoms with Crippen molar-refractivity contribution in [3.05, 3.63) is 70.0 Å². The fraction of sp³-hybridized carbons (Fsp3) is 0.227. The van der Waals surface area contributed by atoms with Gasteiger partial charge in [0, 0.05) is 22.0 Å². The highest BCUT2D eigenvalue weighted by molar-refractivity contribution is 9.10. The lowest BCUT2D eigenvalue weighted by Gasteiger charge is -2.22. The smallest absolute Gasteiger partial charge is 0.410 e. The van der Waals surface area contributed by atoms with E-state index in [4.69, 9.17) is 4.74 Å². The van der Waals surface area contributed by atoms with Crippen molar-refractivity contribution in [1.29, 1.82) is 0 Å². The van der Waals surface area contributed by atoms with Crippen molar-refractivity contribution in [3.63, 3.8) is 0 Å². The van der Waals surface area contributed by atoms with Crippen molar-refractivity contribution in [3.8, 4) is 11.3 Å². The quantitative estimate of drug-likeness (QED) is 0.531. The van der Waals surface area contributed by atoms with Crippen molar-refractivity contribution in [2.24, 2.45) is 0 Å². The van der Waals surface area contributed by atoms with Crippen LogP contribution in [0.1, 0.15) is 18.4 Å². The minimum atomic E-state index is -0.548. The first-order valence-corrected chi connectivity index (χ1v) is 11.3. The maximum Gasteiger partial charge on any atom is 0.410 e. The Kier molecular flexibility index (Phi) is 6.44. The molecule has 1 N–H and O–H groups in total. The number of halogens is 1. The Morgan fingerprint density at radius 2 is 1.93 bits per heavy atom. The van der Waals surface area contributed by atoms with E-state index in [2.05, 4.69) is 26.2 Å². The summed E-state index contributed by atoms with van der Waals surface area (Å²) in [4.78, 5) is 31.3.